The summed E-state index contributed by atoms with van der Waals surface area (Å²) in [5.41, 5.74) is 0.676. The van der Waals surface area contributed by atoms with Crippen LogP contribution in [0.15, 0.2) is 60.8 Å². The van der Waals surface area contributed by atoms with Crippen LogP contribution in [0.4, 0.5) is 25.0 Å². The second-order valence-electron chi connectivity index (χ2n) is 8.84. The average molecular weight is 508 g/mol. The van der Waals surface area contributed by atoms with Crippen molar-refractivity contribution in [2.24, 2.45) is 5.41 Å². The van der Waals surface area contributed by atoms with Crippen LogP contribution in [0.3, 0.4) is 0 Å². The highest BCUT2D eigenvalue weighted by Gasteiger charge is 2.62. The zero-order chi connectivity index (χ0) is 25.4. The number of aromatic nitrogens is 1. The van der Waals surface area contributed by atoms with Crippen LogP contribution in [-0.2, 0) is 4.79 Å². The first kappa shape index (κ1) is 23.7. The Hall–Kier alpha value is -4.03. The third kappa shape index (κ3) is 4.03. The summed E-state index contributed by atoms with van der Waals surface area (Å²) in [5.74, 6) is -1.33. The van der Waals surface area contributed by atoms with Gasteiger partial charge in [0, 0.05) is 30.7 Å². The quantitative estimate of drug-likeness (QED) is 0.488. The van der Waals surface area contributed by atoms with Gasteiger partial charge in [-0.2, -0.15) is 5.26 Å². The Morgan fingerprint density at radius 2 is 1.92 bits per heavy atom. The van der Waals surface area contributed by atoms with Gasteiger partial charge in [0.15, 0.2) is 0 Å². The van der Waals surface area contributed by atoms with Gasteiger partial charge in [-0.1, -0.05) is 17.7 Å². The Kier molecular flexibility index (Phi) is 6.06. The summed E-state index contributed by atoms with van der Waals surface area (Å²) in [4.78, 5) is 34.0. The molecule has 0 saturated carbocycles. The molecule has 1 unspecified atom stereocenters. The van der Waals surface area contributed by atoms with E-state index in [9.17, 15) is 18.4 Å². The molecule has 3 amide bonds. The van der Waals surface area contributed by atoms with Crippen molar-refractivity contribution in [1.29, 1.82) is 5.26 Å². The van der Waals surface area contributed by atoms with Crippen molar-refractivity contribution >= 4 is 34.9 Å². The van der Waals surface area contributed by atoms with Crippen molar-refractivity contribution in [3.63, 3.8) is 0 Å². The molecule has 3 heterocycles. The molecule has 0 bridgehead atoms. The summed E-state index contributed by atoms with van der Waals surface area (Å²) < 4.78 is 27.5. The number of anilines is 2. The van der Waals surface area contributed by atoms with E-state index in [4.69, 9.17) is 16.9 Å². The van der Waals surface area contributed by atoms with Crippen LogP contribution in [0.1, 0.15) is 30.1 Å². The SMILES string of the molecule is N#Cc1cc(F)cc(NC(=O)N2CCC3(CC2)C(=O)N(c2ccc(F)c(Cl)c2)C3c2ccccn2)c1. The predicted octanol–water partition coefficient (Wildman–Crippen LogP) is 5.29. The Bertz CT molecular complexity index is 1390. The van der Waals surface area contributed by atoms with Gasteiger partial charge < -0.3 is 15.1 Å². The average Bonchev–Trinajstić information content (AvgIpc) is 2.88. The summed E-state index contributed by atoms with van der Waals surface area (Å²) in [6.07, 6.45) is 2.43. The fourth-order valence-corrected chi connectivity index (χ4v) is 5.21. The predicted molar refractivity (Wildman–Crippen MR) is 129 cm³/mol. The molecular weight excluding hydrogens is 488 g/mol. The lowest BCUT2D eigenvalue weighted by Crippen LogP contribution is -2.67. The lowest BCUT2D eigenvalue weighted by molar-refractivity contribution is -0.144. The number of piperidine rings is 1. The minimum atomic E-state index is -0.779. The van der Waals surface area contributed by atoms with Crippen LogP contribution < -0.4 is 10.2 Å². The van der Waals surface area contributed by atoms with Gasteiger partial charge in [-0.15, -0.1) is 0 Å². The minimum absolute atomic E-state index is 0.0792. The molecule has 2 fully saturated rings. The molecule has 3 aromatic rings. The molecule has 1 N–H and O–H groups in total. The van der Waals surface area contributed by atoms with Gasteiger partial charge >= 0.3 is 6.03 Å². The number of nitrogens with one attached hydrogen (secondary N) is 1. The number of urea groups is 1. The van der Waals surface area contributed by atoms with E-state index in [0.29, 0.717) is 37.3 Å². The monoisotopic (exact) mass is 507 g/mol. The van der Waals surface area contributed by atoms with Crippen molar-refractivity contribution in [2.75, 3.05) is 23.3 Å². The number of hydrogen-bond donors (Lipinski definition) is 1. The second kappa shape index (κ2) is 9.21. The lowest BCUT2D eigenvalue weighted by Gasteiger charge is -2.58. The first-order valence-corrected chi connectivity index (χ1v) is 11.7. The van der Waals surface area contributed by atoms with E-state index < -0.39 is 29.1 Å². The van der Waals surface area contributed by atoms with Gasteiger partial charge in [-0.25, -0.2) is 13.6 Å². The van der Waals surface area contributed by atoms with Crippen LogP contribution in [0.5, 0.6) is 0 Å². The third-order valence-electron chi connectivity index (χ3n) is 6.80. The fourth-order valence-electron chi connectivity index (χ4n) is 5.03. The van der Waals surface area contributed by atoms with Crippen LogP contribution in [-0.4, -0.2) is 34.9 Å². The molecular formula is C26H20ClF2N5O2. The number of carbonyl (C=O) groups is 2. The van der Waals surface area contributed by atoms with Crippen LogP contribution >= 0.6 is 11.6 Å². The third-order valence-corrected chi connectivity index (χ3v) is 7.09. The molecule has 2 aromatic carbocycles. The number of carbonyl (C=O) groups excluding carboxylic acids is 2. The van der Waals surface area contributed by atoms with Crippen LogP contribution in [0.2, 0.25) is 5.02 Å². The Balaban J connectivity index is 1.36. The van der Waals surface area contributed by atoms with Gasteiger partial charge in [0.2, 0.25) is 5.91 Å². The summed E-state index contributed by atoms with van der Waals surface area (Å²) in [6.45, 7) is 0.582. The highest BCUT2D eigenvalue weighted by molar-refractivity contribution is 6.31. The number of nitrogens with zero attached hydrogens (tertiary/aromatic N) is 4. The molecule has 7 nitrogen and oxygen atoms in total. The summed E-state index contributed by atoms with van der Waals surface area (Å²) in [5, 5.41) is 11.6. The first-order valence-electron chi connectivity index (χ1n) is 11.3. The molecule has 36 heavy (non-hydrogen) atoms. The smallest absolute Gasteiger partial charge is 0.321 e. The molecule has 0 aliphatic carbocycles. The van der Waals surface area contributed by atoms with Crippen molar-refractivity contribution in [1.82, 2.24) is 9.88 Å². The van der Waals surface area contributed by atoms with Crippen LogP contribution in [0, 0.1) is 28.4 Å². The number of halogens is 3. The molecule has 2 saturated heterocycles. The molecule has 1 aromatic heterocycles. The lowest BCUT2D eigenvalue weighted by atomic mass is 9.63. The number of β-lactam (4-membered cyclic amide) rings is 1. The molecule has 182 valence electrons. The van der Waals surface area contributed by atoms with E-state index >= 15 is 0 Å². The number of likely N-dealkylation sites (tertiary alicyclic amines) is 1. The maximum Gasteiger partial charge on any atom is 0.321 e. The van der Waals surface area contributed by atoms with Gasteiger partial charge in [0.25, 0.3) is 0 Å². The second-order valence-corrected chi connectivity index (χ2v) is 9.25. The molecule has 0 radical (unpaired) electrons. The fraction of sp³-hybridized carbons (Fsp3) is 0.231. The number of rotatable bonds is 3. The molecule has 2 aliphatic heterocycles. The number of nitriles is 1. The standard InChI is InChI=1S/C26H20ClF2N5O2/c27-20-14-19(4-5-21(20)29)34-23(22-3-1-2-8-31-22)26(24(34)35)6-9-33(10-7-26)25(36)32-18-12-16(15-30)11-17(28)13-18/h1-5,8,11-14,23H,6-7,9-10H2,(H,32,36). The topological polar surface area (TPSA) is 89.3 Å². The highest BCUT2D eigenvalue weighted by Crippen LogP contribution is 2.57. The van der Waals surface area contributed by atoms with Crippen molar-refractivity contribution < 1.29 is 18.4 Å². The van der Waals surface area contributed by atoms with E-state index in [-0.39, 0.29) is 22.2 Å². The molecule has 10 heteroatoms. The van der Waals surface area contributed by atoms with Crippen molar-refractivity contribution in [3.05, 3.63) is 88.7 Å². The maximum atomic E-state index is 13.8. The highest BCUT2D eigenvalue weighted by atomic mass is 35.5. The van der Waals surface area contributed by atoms with E-state index in [1.54, 1.807) is 22.1 Å². The minimum Gasteiger partial charge on any atom is -0.324 e. The van der Waals surface area contributed by atoms with Gasteiger partial charge in [-0.05, 0) is 61.4 Å². The molecule has 5 rings (SSSR count). The molecule has 1 spiro atoms. The van der Waals surface area contributed by atoms with Gasteiger partial charge in [0.1, 0.15) is 11.6 Å². The number of amides is 3. The normalized spacial score (nSPS) is 18.5. The largest absolute Gasteiger partial charge is 0.324 e. The van der Waals surface area contributed by atoms with Gasteiger partial charge in [-0.3, -0.25) is 9.78 Å². The zero-order valence-corrected chi connectivity index (χ0v) is 19.7. The summed E-state index contributed by atoms with van der Waals surface area (Å²) >= 11 is 5.99. The number of benzene rings is 2. The van der Waals surface area contributed by atoms with E-state index in [1.807, 2.05) is 18.2 Å². The summed E-state index contributed by atoms with van der Waals surface area (Å²) in [6, 6.07) is 14.3. The van der Waals surface area contributed by atoms with Crippen molar-refractivity contribution in [3.8, 4) is 6.07 Å². The van der Waals surface area contributed by atoms with E-state index in [1.165, 1.54) is 24.3 Å². The zero-order valence-electron chi connectivity index (χ0n) is 18.9. The number of hydrogen-bond acceptors (Lipinski definition) is 4. The molecule has 1 atom stereocenters. The van der Waals surface area contributed by atoms with Gasteiger partial charge in [0.05, 0.1) is 33.8 Å². The number of pyridine rings is 1. The van der Waals surface area contributed by atoms with E-state index in [2.05, 4.69) is 10.3 Å². The maximum absolute atomic E-state index is 13.8. The Morgan fingerprint density at radius 3 is 2.58 bits per heavy atom. The first-order chi connectivity index (χ1) is 17.3. The summed E-state index contributed by atoms with van der Waals surface area (Å²) in [7, 11) is 0. The van der Waals surface area contributed by atoms with Crippen molar-refractivity contribution in [2.45, 2.75) is 18.9 Å². The van der Waals surface area contributed by atoms with E-state index in [0.717, 1.165) is 12.1 Å². The molecule has 2 aliphatic rings. The Morgan fingerprint density at radius 1 is 1.14 bits per heavy atom. The Labute approximate surface area is 210 Å². The van der Waals surface area contributed by atoms with Crippen LogP contribution in [0.25, 0.3) is 0 Å².